The van der Waals surface area contributed by atoms with Gasteiger partial charge in [-0.2, -0.15) is 0 Å². The highest BCUT2D eigenvalue weighted by atomic mass is 16.5. The van der Waals surface area contributed by atoms with Crippen LogP contribution in [0.3, 0.4) is 0 Å². The number of rotatable bonds is 8. The lowest BCUT2D eigenvalue weighted by atomic mass is 10.2. The molecule has 0 heterocycles. The molecule has 0 aliphatic heterocycles. The molecule has 1 atom stereocenters. The maximum absolute atomic E-state index is 5.92. The average molecular weight is 299 g/mol. The summed E-state index contributed by atoms with van der Waals surface area (Å²) in [5.41, 5.74) is 2.26. The Balaban J connectivity index is 1.84. The van der Waals surface area contributed by atoms with Gasteiger partial charge in [0, 0.05) is 11.8 Å². The number of ether oxygens (including phenoxy) is 2. The van der Waals surface area contributed by atoms with E-state index in [2.05, 4.69) is 38.2 Å². The van der Waals surface area contributed by atoms with Gasteiger partial charge in [-0.3, -0.25) is 0 Å². The van der Waals surface area contributed by atoms with Crippen molar-refractivity contribution in [2.24, 2.45) is 0 Å². The highest BCUT2D eigenvalue weighted by Gasteiger charge is 2.05. The minimum atomic E-state index is 0.0852. The van der Waals surface area contributed by atoms with Gasteiger partial charge in [0.05, 0.1) is 13.2 Å². The summed E-state index contributed by atoms with van der Waals surface area (Å²) in [6.45, 7) is 7.72. The fourth-order valence-electron chi connectivity index (χ4n) is 2.14. The van der Waals surface area contributed by atoms with Crippen LogP contribution in [-0.4, -0.2) is 19.3 Å². The molecule has 2 aromatic carbocycles. The third kappa shape index (κ3) is 5.32. The second-order valence-corrected chi connectivity index (χ2v) is 5.50. The van der Waals surface area contributed by atoms with Crippen molar-refractivity contribution in [3.8, 4) is 11.5 Å². The van der Waals surface area contributed by atoms with Gasteiger partial charge in [-0.25, -0.2) is 0 Å². The Morgan fingerprint density at radius 2 is 1.82 bits per heavy atom. The third-order valence-electron chi connectivity index (χ3n) is 3.23. The van der Waals surface area contributed by atoms with E-state index in [9.17, 15) is 0 Å². The van der Waals surface area contributed by atoms with Crippen LogP contribution in [0.4, 0.5) is 5.69 Å². The molecule has 0 aliphatic rings. The summed E-state index contributed by atoms with van der Waals surface area (Å²) in [5.74, 6) is 1.81. The topological polar surface area (TPSA) is 30.5 Å². The van der Waals surface area contributed by atoms with Crippen LogP contribution in [0.25, 0.3) is 0 Å². The van der Waals surface area contributed by atoms with Crippen molar-refractivity contribution in [1.82, 2.24) is 0 Å². The number of anilines is 1. The number of hydrogen-bond acceptors (Lipinski definition) is 3. The van der Waals surface area contributed by atoms with E-state index in [1.165, 1.54) is 5.56 Å². The van der Waals surface area contributed by atoms with Crippen LogP contribution < -0.4 is 14.8 Å². The molecule has 0 radical (unpaired) electrons. The summed E-state index contributed by atoms with van der Waals surface area (Å²) in [6, 6.07) is 16.2. The van der Waals surface area contributed by atoms with Gasteiger partial charge in [0.25, 0.3) is 0 Å². The van der Waals surface area contributed by atoms with Crippen LogP contribution in [0, 0.1) is 6.92 Å². The van der Waals surface area contributed by atoms with E-state index in [0.717, 1.165) is 36.8 Å². The molecule has 1 unspecified atom stereocenters. The zero-order chi connectivity index (χ0) is 15.8. The van der Waals surface area contributed by atoms with E-state index < -0.39 is 0 Å². The maximum atomic E-state index is 5.92. The lowest BCUT2D eigenvalue weighted by molar-refractivity contribution is 0.234. The maximum Gasteiger partial charge on any atom is 0.121 e. The van der Waals surface area contributed by atoms with Crippen molar-refractivity contribution in [3.63, 3.8) is 0 Å². The predicted octanol–water partition coefficient (Wildman–Crippen LogP) is 4.66. The van der Waals surface area contributed by atoms with Crippen molar-refractivity contribution in [1.29, 1.82) is 0 Å². The summed E-state index contributed by atoms with van der Waals surface area (Å²) < 4.78 is 11.6. The molecular weight excluding hydrogens is 274 g/mol. The van der Waals surface area contributed by atoms with Gasteiger partial charge < -0.3 is 14.8 Å². The fourth-order valence-corrected chi connectivity index (χ4v) is 2.14. The van der Waals surface area contributed by atoms with Crippen LogP contribution in [0.15, 0.2) is 48.5 Å². The van der Waals surface area contributed by atoms with E-state index >= 15 is 0 Å². The quantitative estimate of drug-likeness (QED) is 0.768. The summed E-state index contributed by atoms with van der Waals surface area (Å²) >= 11 is 0. The average Bonchev–Trinajstić information content (AvgIpc) is 2.51. The zero-order valence-electron chi connectivity index (χ0n) is 13.6. The molecule has 22 heavy (non-hydrogen) atoms. The molecule has 2 rings (SSSR count). The van der Waals surface area contributed by atoms with E-state index in [4.69, 9.17) is 9.47 Å². The first-order valence-electron chi connectivity index (χ1n) is 7.87. The molecule has 0 fully saturated rings. The first kappa shape index (κ1) is 16.2. The van der Waals surface area contributed by atoms with Gasteiger partial charge in [-0.05, 0) is 50.1 Å². The second-order valence-electron chi connectivity index (χ2n) is 5.50. The van der Waals surface area contributed by atoms with Crippen molar-refractivity contribution in [2.75, 3.05) is 18.5 Å². The van der Waals surface area contributed by atoms with E-state index in [1.54, 1.807) is 0 Å². The fraction of sp³-hybridized carbons (Fsp3) is 0.368. The van der Waals surface area contributed by atoms with Crippen LogP contribution in [0.1, 0.15) is 25.8 Å². The molecule has 3 heteroatoms. The minimum absolute atomic E-state index is 0.0852. The first-order valence-corrected chi connectivity index (χ1v) is 7.87. The second kappa shape index (κ2) is 8.32. The molecule has 0 spiro atoms. The van der Waals surface area contributed by atoms with Gasteiger partial charge >= 0.3 is 0 Å². The standard InChI is InChI=1S/C19H25NO2/c1-4-11-21-18-9-6-8-17(13-18)20-14-16(3)22-19-10-5-7-15(2)12-19/h5-10,12-13,16,20H,4,11,14H2,1-3H3. The van der Waals surface area contributed by atoms with E-state index in [0.29, 0.717) is 0 Å². The monoisotopic (exact) mass is 299 g/mol. The van der Waals surface area contributed by atoms with Crippen LogP contribution in [0.2, 0.25) is 0 Å². The molecule has 0 saturated heterocycles. The van der Waals surface area contributed by atoms with E-state index in [1.807, 2.05) is 36.4 Å². The third-order valence-corrected chi connectivity index (χ3v) is 3.23. The summed E-state index contributed by atoms with van der Waals surface area (Å²) in [4.78, 5) is 0. The molecule has 0 saturated carbocycles. The molecule has 118 valence electrons. The molecular formula is C19H25NO2. The van der Waals surface area contributed by atoms with Gasteiger partial charge in [0.15, 0.2) is 0 Å². The van der Waals surface area contributed by atoms with E-state index in [-0.39, 0.29) is 6.10 Å². The molecule has 2 aromatic rings. The van der Waals surface area contributed by atoms with Crippen LogP contribution in [0.5, 0.6) is 11.5 Å². The Labute approximate surface area is 133 Å². The molecule has 0 aliphatic carbocycles. The van der Waals surface area contributed by atoms with Crippen molar-refractivity contribution < 1.29 is 9.47 Å². The summed E-state index contributed by atoms with van der Waals surface area (Å²) in [5, 5.41) is 3.39. The Hall–Kier alpha value is -2.16. The van der Waals surface area contributed by atoms with Gasteiger partial charge in [0.1, 0.15) is 17.6 Å². The highest BCUT2D eigenvalue weighted by Crippen LogP contribution is 2.18. The van der Waals surface area contributed by atoms with Crippen molar-refractivity contribution in [2.45, 2.75) is 33.3 Å². The molecule has 0 aromatic heterocycles. The normalized spacial score (nSPS) is 11.8. The lowest BCUT2D eigenvalue weighted by Gasteiger charge is -2.17. The number of aryl methyl sites for hydroxylation is 1. The highest BCUT2D eigenvalue weighted by molar-refractivity contribution is 5.48. The van der Waals surface area contributed by atoms with Crippen LogP contribution in [-0.2, 0) is 0 Å². The molecule has 1 N–H and O–H groups in total. The number of hydrogen-bond donors (Lipinski definition) is 1. The lowest BCUT2D eigenvalue weighted by Crippen LogP contribution is -2.22. The van der Waals surface area contributed by atoms with Crippen molar-refractivity contribution >= 4 is 5.69 Å². The SMILES string of the molecule is CCCOc1cccc(NCC(C)Oc2cccc(C)c2)c1. The van der Waals surface area contributed by atoms with Crippen LogP contribution >= 0.6 is 0 Å². The Morgan fingerprint density at radius 3 is 2.59 bits per heavy atom. The largest absolute Gasteiger partial charge is 0.494 e. The van der Waals surface area contributed by atoms with Gasteiger partial charge in [0.2, 0.25) is 0 Å². The Morgan fingerprint density at radius 1 is 1.05 bits per heavy atom. The minimum Gasteiger partial charge on any atom is -0.494 e. The Bertz CT molecular complexity index is 583. The smallest absolute Gasteiger partial charge is 0.121 e. The van der Waals surface area contributed by atoms with Crippen molar-refractivity contribution in [3.05, 3.63) is 54.1 Å². The summed E-state index contributed by atoms with van der Waals surface area (Å²) in [7, 11) is 0. The predicted molar refractivity (Wildman–Crippen MR) is 92.0 cm³/mol. The number of nitrogens with one attached hydrogen (secondary N) is 1. The molecule has 0 bridgehead atoms. The zero-order valence-corrected chi connectivity index (χ0v) is 13.6. The van der Waals surface area contributed by atoms with Gasteiger partial charge in [-0.15, -0.1) is 0 Å². The Kier molecular flexibility index (Phi) is 6.13. The molecule has 0 amide bonds. The molecule has 3 nitrogen and oxygen atoms in total. The number of benzene rings is 2. The van der Waals surface area contributed by atoms with Gasteiger partial charge in [-0.1, -0.05) is 25.1 Å². The summed E-state index contributed by atoms with van der Waals surface area (Å²) in [6.07, 6.45) is 1.10. The first-order chi connectivity index (χ1) is 10.7.